The maximum absolute atomic E-state index is 13.9. The van der Waals surface area contributed by atoms with E-state index >= 15 is 0 Å². The zero-order chi connectivity index (χ0) is 30.0. The minimum atomic E-state index is -0.979. The van der Waals surface area contributed by atoms with Crippen molar-refractivity contribution < 1.29 is 24.0 Å². The van der Waals surface area contributed by atoms with Gasteiger partial charge in [0.05, 0.1) is 12.6 Å². The van der Waals surface area contributed by atoms with Gasteiger partial charge in [-0.1, -0.05) is 26.7 Å². The molecule has 3 aliphatic heterocycles. The number of Topliss-reactive ketones (excluding diaryl/α,β-unsaturated/α-hetero) is 1. The first kappa shape index (κ1) is 30.0. The molecule has 4 amide bonds. The van der Waals surface area contributed by atoms with Crippen molar-refractivity contribution in [2.45, 2.75) is 83.0 Å². The summed E-state index contributed by atoms with van der Waals surface area (Å²) in [6, 6.07) is 5.50. The average molecular weight is 581 g/mol. The summed E-state index contributed by atoms with van der Waals surface area (Å²) in [5.74, 6) is -1.15. The van der Waals surface area contributed by atoms with E-state index in [1.165, 1.54) is 6.92 Å². The van der Waals surface area contributed by atoms with E-state index in [0.29, 0.717) is 37.8 Å². The van der Waals surface area contributed by atoms with Crippen LogP contribution in [0.2, 0.25) is 0 Å². The topological polar surface area (TPSA) is 131 Å². The highest BCUT2D eigenvalue weighted by molar-refractivity contribution is 6.02. The molecule has 0 spiro atoms. The fourth-order valence-corrected chi connectivity index (χ4v) is 7.20. The number of nitrogens with zero attached hydrogens (tertiary/aromatic N) is 3. The highest BCUT2D eigenvalue weighted by atomic mass is 16.2. The molecule has 42 heavy (non-hydrogen) atoms. The number of rotatable bonds is 8. The van der Waals surface area contributed by atoms with Gasteiger partial charge in [-0.2, -0.15) is 0 Å². The van der Waals surface area contributed by atoms with E-state index in [0.717, 1.165) is 44.7 Å². The lowest BCUT2D eigenvalue weighted by Crippen LogP contribution is -2.59. The maximum atomic E-state index is 13.9. The SMILES string of the molecule is CC(=O)NC1(C(=O)N2CC(=O)C3C2CCN3C(=O)C(CC(C)C)NC(=O)c2ccc(N3CCNCC3)cc2)CCCC1. The monoisotopic (exact) mass is 580 g/mol. The standard InChI is InChI=1S/C31H44N6O5/c1-20(2)18-24(33-28(40)22-6-8-23(9-7-22)35-16-13-32-14-17-35)29(41)36-15-10-25-27(36)26(39)19-37(25)30(42)31(34-21(3)38)11-4-5-12-31/h6-9,20,24-25,27,32H,4-5,10-19H2,1-3H3,(H,33,40)(H,34,38). The van der Waals surface area contributed by atoms with E-state index in [2.05, 4.69) is 20.9 Å². The van der Waals surface area contributed by atoms with Crippen LogP contribution < -0.4 is 20.9 Å². The Bertz CT molecular complexity index is 1200. The highest BCUT2D eigenvalue weighted by Crippen LogP contribution is 2.37. The van der Waals surface area contributed by atoms with Gasteiger partial charge in [0.15, 0.2) is 5.78 Å². The fraction of sp³-hybridized carbons (Fsp3) is 0.645. The van der Waals surface area contributed by atoms with Crippen LogP contribution in [0.15, 0.2) is 24.3 Å². The fourth-order valence-electron chi connectivity index (χ4n) is 7.20. The van der Waals surface area contributed by atoms with E-state index in [9.17, 15) is 24.0 Å². The zero-order valence-corrected chi connectivity index (χ0v) is 25.0. The summed E-state index contributed by atoms with van der Waals surface area (Å²) in [6.45, 7) is 9.31. The summed E-state index contributed by atoms with van der Waals surface area (Å²) >= 11 is 0. The second-order valence-electron chi connectivity index (χ2n) is 12.6. The molecular weight excluding hydrogens is 536 g/mol. The lowest BCUT2D eigenvalue weighted by molar-refractivity contribution is -0.142. The lowest BCUT2D eigenvalue weighted by atomic mass is 9.94. The van der Waals surface area contributed by atoms with Gasteiger partial charge in [-0.3, -0.25) is 24.0 Å². The van der Waals surface area contributed by atoms with Gasteiger partial charge >= 0.3 is 0 Å². The largest absolute Gasteiger partial charge is 0.369 e. The van der Waals surface area contributed by atoms with Crippen molar-refractivity contribution >= 4 is 35.1 Å². The number of nitrogens with one attached hydrogen (secondary N) is 3. The van der Waals surface area contributed by atoms with E-state index in [1.807, 2.05) is 26.0 Å². The van der Waals surface area contributed by atoms with Crippen molar-refractivity contribution in [1.82, 2.24) is 25.8 Å². The van der Waals surface area contributed by atoms with Crippen LogP contribution in [0, 0.1) is 5.92 Å². The smallest absolute Gasteiger partial charge is 0.251 e. The number of carbonyl (C=O) groups is 5. The quantitative estimate of drug-likeness (QED) is 0.419. The molecule has 228 valence electrons. The second kappa shape index (κ2) is 12.4. The van der Waals surface area contributed by atoms with Gasteiger partial charge in [0.2, 0.25) is 17.7 Å². The molecule has 1 aromatic carbocycles. The van der Waals surface area contributed by atoms with Crippen LogP contribution >= 0.6 is 0 Å². The van der Waals surface area contributed by atoms with Crippen molar-refractivity contribution in [1.29, 1.82) is 0 Å². The number of hydrogen-bond acceptors (Lipinski definition) is 7. The molecule has 0 radical (unpaired) electrons. The van der Waals surface area contributed by atoms with Gasteiger partial charge in [0.1, 0.15) is 17.6 Å². The molecule has 3 heterocycles. The minimum Gasteiger partial charge on any atom is -0.369 e. The zero-order valence-electron chi connectivity index (χ0n) is 25.0. The molecule has 3 atom stereocenters. The minimum absolute atomic E-state index is 0.0695. The summed E-state index contributed by atoms with van der Waals surface area (Å²) in [6.07, 6.45) is 3.69. The number of fused-ring (bicyclic) bond motifs is 1. The second-order valence-corrected chi connectivity index (χ2v) is 12.6. The molecule has 11 heteroatoms. The Kier molecular flexibility index (Phi) is 8.86. The third-order valence-corrected chi connectivity index (χ3v) is 9.17. The molecule has 0 aromatic heterocycles. The van der Waals surface area contributed by atoms with Crippen LogP contribution in [-0.4, -0.2) is 102 Å². The van der Waals surface area contributed by atoms with E-state index in [-0.39, 0.29) is 41.9 Å². The predicted octanol–water partition coefficient (Wildman–Crippen LogP) is 1.07. The summed E-state index contributed by atoms with van der Waals surface area (Å²) in [7, 11) is 0. The van der Waals surface area contributed by atoms with Crippen LogP contribution in [0.25, 0.3) is 0 Å². The molecule has 1 aromatic rings. The summed E-state index contributed by atoms with van der Waals surface area (Å²) < 4.78 is 0. The van der Waals surface area contributed by atoms with E-state index in [1.54, 1.807) is 21.9 Å². The van der Waals surface area contributed by atoms with Gasteiger partial charge < -0.3 is 30.7 Å². The number of likely N-dealkylation sites (tertiary alicyclic amines) is 2. The van der Waals surface area contributed by atoms with Crippen molar-refractivity contribution in [3.05, 3.63) is 29.8 Å². The van der Waals surface area contributed by atoms with Gasteiger partial charge in [-0.05, 0) is 55.9 Å². The van der Waals surface area contributed by atoms with Crippen LogP contribution in [0.1, 0.15) is 69.7 Å². The number of hydrogen-bond donors (Lipinski definition) is 3. The van der Waals surface area contributed by atoms with Crippen molar-refractivity contribution in [3.63, 3.8) is 0 Å². The molecule has 4 fully saturated rings. The van der Waals surface area contributed by atoms with Crippen molar-refractivity contribution in [2.24, 2.45) is 5.92 Å². The predicted molar refractivity (Wildman–Crippen MR) is 158 cm³/mol. The van der Waals surface area contributed by atoms with Gasteiger partial charge in [0.25, 0.3) is 5.91 Å². The van der Waals surface area contributed by atoms with Gasteiger partial charge in [-0.25, -0.2) is 0 Å². The number of ketones is 1. The van der Waals surface area contributed by atoms with E-state index < -0.39 is 23.7 Å². The Labute approximate surface area is 247 Å². The molecule has 5 rings (SSSR count). The first-order chi connectivity index (χ1) is 20.1. The van der Waals surface area contributed by atoms with Crippen molar-refractivity contribution in [2.75, 3.05) is 44.2 Å². The number of amides is 4. The Balaban J connectivity index is 1.28. The number of benzene rings is 1. The Hall–Kier alpha value is -3.47. The van der Waals surface area contributed by atoms with Crippen LogP contribution in [0.3, 0.4) is 0 Å². The number of carbonyl (C=O) groups excluding carboxylic acids is 5. The van der Waals surface area contributed by atoms with Gasteiger partial charge in [0, 0.05) is 50.9 Å². The van der Waals surface area contributed by atoms with Gasteiger partial charge in [-0.15, -0.1) is 0 Å². The first-order valence-corrected chi connectivity index (χ1v) is 15.4. The molecule has 3 saturated heterocycles. The number of anilines is 1. The van der Waals surface area contributed by atoms with Crippen LogP contribution in [0.5, 0.6) is 0 Å². The molecule has 11 nitrogen and oxygen atoms in total. The third kappa shape index (κ3) is 6.02. The number of piperazine rings is 1. The van der Waals surface area contributed by atoms with Crippen LogP contribution in [-0.2, 0) is 19.2 Å². The molecular formula is C31H44N6O5. The summed E-state index contributed by atoms with van der Waals surface area (Å²) in [5, 5.41) is 9.17. The average Bonchev–Trinajstić information content (AvgIpc) is 3.70. The molecule has 3 unspecified atom stereocenters. The summed E-state index contributed by atoms with van der Waals surface area (Å²) in [5.41, 5.74) is 0.554. The molecule has 3 N–H and O–H groups in total. The van der Waals surface area contributed by atoms with E-state index in [4.69, 9.17) is 0 Å². The van der Waals surface area contributed by atoms with Crippen LogP contribution in [0.4, 0.5) is 5.69 Å². The Morgan fingerprint density at radius 3 is 2.29 bits per heavy atom. The Morgan fingerprint density at radius 1 is 1.00 bits per heavy atom. The third-order valence-electron chi connectivity index (χ3n) is 9.17. The first-order valence-electron chi connectivity index (χ1n) is 15.4. The lowest BCUT2D eigenvalue weighted by Gasteiger charge is -2.35. The summed E-state index contributed by atoms with van der Waals surface area (Å²) in [4.78, 5) is 71.7. The molecule has 1 aliphatic carbocycles. The highest BCUT2D eigenvalue weighted by Gasteiger charge is 2.56. The van der Waals surface area contributed by atoms with Crippen molar-refractivity contribution in [3.8, 4) is 0 Å². The normalized spacial score (nSPS) is 24.1. The molecule has 4 aliphatic rings. The molecule has 0 bridgehead atoms. The Morgan fingerprint density at radius 2 is 1.67 bits per heavy atom. The maximum Gasteiger partial charge on any atom is 0.251 e. The molecule has 1 saturated carbocycles.